The molecule has 43 heavy (non-hydrogen) atoms. The van der Waals surface area contributed by atoms with E-state index in [9.17, 15) is 24.3 Å². The van der Waals surface area contributed by atoms with Gasteiger partial charge in [0.15, 0.2) is 0 Å². The van der Waals surface area contributed by atoms with Crippen LogP contribution in [-0.2, 0) is 28.7 Å². The Bertz CT molecular complexity index is 1270. The van der Waals surface area contributed by atoms with E-state index in [0.29, 0.717) is 38.8 Å². The fraction of sp³-hybridized carbons (Fsp3) is 0.576. The summed E-state index contributed by atoms with van der Waals surface area (Å²) in [6, 6.07) is 8.25. The normalized spacial score (nSPS) is 32.1. The van der Waals surface area contributed by atoms with Gasteiger partial charge in [-0.3, -0.25) is 19.2 Å². The predicted molar refractivity (Wildman–Crippen MR) is 158 cm³/mol. The molecule has 1 spiro atoms. The molecule has 1 aromatic rings. The van der Waals surface area contributed by atoms with Crippen molar-refractivity contribution in [2.75, 3.05) is 26.2 Å². The highest BCUT2D eigenvalue weighted by molar-refractivity contribution is 5.99. The number of nitrogens with zero attached hydrogens (tertiary/aromatic N) is 2. The summed E-state index contributed by atoms with van der Waals surface area (Å²) in [5.41, 5.74) is -1.15. The number of nitrogens with one attached hydrogen (secondary N) is 1. The minimum absolute atomic E-state index is 0.0531. The van der Waals surface area contributed by atoms with Gasteiger partial charge in [-0.25, -0.2) is 0 Å². The number of likely N-dealkylation sites (tertiary alicyclic amines) is 1. The highest BCUT2D eigenvalue weighted by Crippen LogP contribution is 2.53. The number of fused-ring (bicyclic) bond motifs is 2. The number of hydrogen-bond donors (Lipinski definition) is 2. The zero-order valence-electron chi connectivity index (χ0n) is 25.2. The van der Waals surface area contributed by atoms with Gasteiger partial charge in [-0.2, -0.15) is 0 Å². The SMILES string of the molecule is CC(C)(C)N1CC=C[C@]23O[C@@H]4/C=C\CCC(=O)NC[C@@H](c5ccccc5)OC(=O)[C@@H]4[C@H]2C(=O)N(CCCCCO)[C@@H]3C1=O. The van der Waals surface area contributed by atoms with Crippen LogP contribution in [0.4, 0.5) is 0 Å². The van der Waals surface area contributed by atoms with Crippen molar-refractivity contribution in [2.24, 2.45) is 11.8 Å². The van der Waals surface area contributed by atoms with Crippen LogP contribution in [0.3, 0.4) is 0 Å². The summed E-state index contributed by atoms with van der Waals surface area (Å²) in [6.45, 7) is 6.68. The molecular weight excluding hydrogens is 550 g/mol. The lowest BCUT2D eigenvalue weighted by Gasteiger charge is -2.40. The van der Waals surface area contributed by atoms with Crippen LogP contribution in [0, 0.1) is 11.8 Å². The topological polar surface area (TPSA) is 125 Å². The molecule has 10 heteroatoms. The third kappa shape index (κ3) is 5.99. The number of esters is 1. The number of aliphatic hydroxyl groups excluding tert-OH is 1. The minimum atomic E-state index is -1.36. The van der Waals surface area contributed by atoms with Crippen molar-refractivity contribution >= 4 is 23.7 Å². The first-order valence-corrected chi connectivity index (χ1v) is 15.4. The number of allylic oxidation sites excluding steroid dienone is 1. The zero-order valence-corrected chi connectivity index (χ0v) is 25.2. The molecule has 0 aliphatic carbocycles. The van der Waals surface area contributed by atoms with E-state index in [2.05, 4.69) is 5.32 Å². The molecule has 4 heterocycles. The first-order chi connectivity index (χ1) is 20.6. The van der Waals surface area contributed by atoms with Crippen LogP contribution in [0.1, 0.15) is 64.5 Å². The van der Waals surface area contributed by atoms with E-state index in [4.69, 9.17) is 9.47 Å². The maximum atomic E-state index is 14.4. The molecule has 0 aromatic heterocycles. The van der Waals surface area contributed by atoms with Crippen LogP contribution in [0.25, 0.3) is 0 Å². The second-order valence-corrected chi connectivity index (χ2v) is 12.8. The van der Waals surface area contributed by atoms with Crippen LogP contribution < -0.4 is 5.32 Å². The fourth-order valence-electron chi connectivity index (χ4n) is 6.82. The lowest BCUT2D eigenvalue weighted by molar-refractivity contribution is -0.160. The number of hydrogen-bond acceptors (Lipinski definition) is 7. The Morgan fingerprint density at radius 1 is 1.02 bits per heavy atom. The van der Waals surface area contributed by atoms with E-state index in [0.717, 1.165) is 5.56 Å². The highest BCUT2D eigenvalue weighted by atomic mass is 16.6. The molecule has 2 N–H and O–H groups in total. The van der Waals surface area contributed by atoms with Gasteiger partial charge in [-0.1, -0.05) is 54.6 Å². The second kappa shape index (κ2) is 12.6. The largest absolute Gasteiger partial charge is 0.455 e. The van der Waals surface area contributed by atoms with E-state index in [-0.39, 0.29) is 37.3 Å². The smallest absolute Gasteiger partial charge is 0.313 e. The van der Waals surface area contributed by atoms with Crippen LogP contribution in [0.15, 0.2) is 54.6 Å². The lowest BCUT2D eigenvalue weighted by atomic mass is 9.77. The van der Waals surface area contributed by atoms with Crippen molar-refractivity contribution in [1.29, 1.82) is 0 Å². The number of benzene rings is 1. The molecule has 2 fully saturated rings. The number of unbranched alkanes of at least 4 members (excludes halogenated alkanes) is 2. The first kappa shape index (κ1) is 30.9. The summed E-state index contributed by atoms with van der Waals surface area (Å²) in [7, 11) is 0. The van der Waals surface area contributed by atoms with Crippen molar-refractivity contribution < 1.29 is 33.8 Å². The molecule has 5 rings (SSSR count). The van der Waals surface area contributed by atoms with E-state index in [1.165, 1.54) is 0 Å². The quantitative estimate of drug-likeness (QED) is 0.295. The number of ether oxygens (including phenoxy) is 2. The summed E-state index contributed by atoms with van der Waals surface area (Å²) >= 11 is 0. The molecule has 0 saturated carbocycles. The van der Waals surface area contributed by atoms with E-state index < -0.39 is 47.2 Å². The maximum Gasteiger partial charge on any atom is 0.313 e. The van der Waals surface area contributed by atoms with Crippen molar-refractivity contribution in [1.82, 2.24) is 15.1 Å². The second-order valence-electron chi connectivity index (χ2n) is 12.8. The van der Waals surface area contributed by atoms with Gasteiger partial charge in [0.1, 0.15) is 23.7 Å². The summed E-state index contributed by atoms with van der Waals surface area (Å²) in [5, 5.41) is 12.2. The predicted octanol–water partition coefficient (Wildman–Crippen LogP) is 2.68. The number of amides is 3. The van der Waals surface area contributed by atoms with Gasteiger partial charge in [0.2, 0.25) is 17.7 Å². The lowest BCUT2D eigenvalue weighted by Crippen LogP contribution is -2.58. The minimum Gasteiger partial charge on any atom is -0.455 e. The Kier molecular flexibility index (Phi) is 9.08. The summed E-state index contributed by atoms with van der Waals surface area (Å²) in [5.74, 6) is -3.25. The molecule has 4 aliphatic rings. The maximum absolute atomic E-state index is 14.4. The molecule has 0 bridgehead atoms. The average Bonchev–Trinajstić information content (AvgIpc) is 3.34. The molecule has 3 amide bonds. The van der Waals surface area contributed by atoms with Gasteiger partial charge in [-0.05, 0) is 52.0 Å². The molecular formula is C33H43N3O7. The van der Waals surface area contributed by atoms with Crippen molar-refractivity contribution in [3.8, 4) is 0 Å². The Morgan fingerprint density at radius 2 is 1.79 bits per heavy atom. The van der Waals surface area contributed by atoms with Crippen molar-refractivity contribution in [2.45, 2.75) is 82.3 Å². The van der Waals surface area contributed by atoms with Crippen molar-refractivity contribution in [3.63, 3.8) is 0 Å². The third-order valence-electron chi connectivity index (χ3n) is 8.91. The van der Waals surface area contributed by atoms with E-state index in [1.54, 1.807) is 22.0 Å². The zero-order chi connectivity index (χ0) is 30.8. The van der Waals surface area contributed by atoms with Gasteiger partial charge in [-0.15, -0.1) is 0 Å². The van der Waals surface area contributed by atoms with Crippen LogP contribution >= 0.6 is 0 Å². The van der Waals surface area contributed by atoms with Gasteiger partial charge < -0.3 is 29.7 Å². The van der Waals surface area contributed by atoms with Gasteiger partial charge in [0, 0.05) is 31.7 Å². The van der Waals surface area contributed by atoms with Gasteiger partial charge in [0.05, 0.1) is 18.6 Å². The third-order valence-corrected chi connectivity index (χ3v) is 8.91. The van der Waals surface area contributed by atoms with Gasteiger partial charge >= 0.3 is 5.97 Å². The molecule has 10 nitrogen and oxygen atoms in total. The van der Waals surface area contributed by atoms with Crippen LogP contribution in [0.2, 0.25) is 0 Å². The van der Waals surface area contributed by atoms with Crippen LogP contribution in [0.5, 0.6) is 0 Å². The molecule has 1 aromatic carbocycles. The summed E-state index contributed by atoms with van der Waals surface area (Å²) < 4.78 is 12.8. The molecule has 6 atom stereocenters. The average molecular weight is 594 g/mol. The molecule has 4 aliphatic heterocycles. The Hall–Kier alpha value is -3.50. The molecule has 0 radical (unpaired) electrons. The van der Waals surface area contributed by atoms with Crippen LogP contribution in [-0.4, -0.2) is 88.1 Å². The number of aliphatic hydroxyl groups is 1. The molecule has 2 saturated heterocycles. The van der Waals surface area contributed by atoms with Crippen molar-refractivity contribution in [3.05, 3.63) is 60.2 Å². The number of cyclic esters (lactones) is 1. The van der Waals surface area contributed by atoms with E-state index >= 15 is 0 Å². The molecule has 232 valence electrons. The Morgan fingerprint density at radius 3 is 2.51 bits per heavy atom. The van der Waals surface area contributed by atoms with Gasteiger partial charge in [0.25, 0.3) is 0 Å². The summed E-state index contributed by atoms with van der Waals surface area (Å²) in [4.78, 5) is 58.8. The highest BCUT2D eigenvalue weighted by Gasteiger charge is 2.72. The van der Waals surface area contributed by atoms with E-state index in [1.807, 2.05) is 63.3 Å². The monoisotopic (exact) mass is 593 g/mol. The summed E-state index contributed by atoms with van der Waals surface area (Å²) in [6.07, 6.45) is 8.23. The number of carbonyl (C=O) groups is 4. The molecule has 0 unspecified atom stereocenters. The Balaban J connectivity index is 1.56. The number of rotatable bonds is 6. The Labute approximate surface area is 253 Å². The fourth-order valence-corrected chi connectivity index (χ4v) is 6.82. The standard InChI is InChI=1S/C33H43N3O7/c1-32(2,3)36-19-12-17-33-27(29(39)35(28(33)30(36)40)18-10-5-11-20-37)26-23(43-33)15-8-9-16-25(38)34-21-24(42-31(26)41)22-13-6-4-7-14-22/h4,6-8,12-15,17,23-24,26-28,37H,5,9-11,16,18-21H2,1-3H3,(H,34,38)/b15-8-/t23-,24+,26+,27+,28-,33+/m1/s1. The first-order valence-electron chi connectivity index (χ1n) is 15.4. The number of carbonyl (C=O) groups excluding carboxylic acids is 4.